The Bertz CT molecular complexity index is 464. The zero-order chi connectivity index (χ0) is 13.9. The fraction of sp³-hybridized carbons (Fsp3) is 0.429. The van der Waals surface area contributed by atoms with Gasteiger partial charge in [0.2, 0.25) is 0 Å². The third-order valence-electron chi connectivity index (χ3n) is 3.12. The molecular weight excluding hydrogens is 244 g/mol. The van der Waals surface area contributed by atoms with Crippen LogP contribution in [0.5, 0.6) is 0 Å². The van der Waals surface area contributed by atoms with Gasteiger partial charge in [-0.05, 0) is 39.3 Å². The molecule has 0 saturated heterocycles. The van der Waals surface area contributed by atoms with Crippen molar-refractivity contribution in [2.75, 3.05) is 0 Å². The second kappa shape index (κ2) is 5.48. The summed E-state index contributed by atoms with van der Waals surface area (Å²) < 4.78 is 0. The third-order valence-corrected chi connectivity index (χ3v) is 3.57. The van der Waals surface area contributed by atoms with Crippen LogP contribution in [0, 0.1) is 13.8 Å². The van der Waals surface area contributed by atoms with Crippen molar-refractivity contribution < 1.29 is 4.79 Å². The van der Waals surface area contributed by atoms with Crippen molar-refractivity contribution in [1.29, 1.82) is 0 Å². The second-order valence-corrected chi connectivity index (χ2v) is 5.32. The molecule has 3 nitrogen and oxygen atoms in total. The Balaban J connectivity index is 2.98. The highest BCUT2D eigenvalue weighted by molar-refractivity contribution is 7.80. The second-order valence-electron chi connectivity index (χ2n) is 4.88. The Labute approximate surface area is 114 Å². The average molecular weight is 264 g/mol. The van der Waals surface area contributed by atoms with Crippen molar-refractivity contribution in [3.05, 3.63) is 34.9 Å². The molecule has 0 spiro atoms. The number of amides is 1. The quantitative estimate of drug-likeness (QED) is 0.822. The molecule has 1 rings (SSSR count). The molecule has 0 bridgehead atoms. The molecule has 3 N–H and O–H groups in total. The van der Waals surface area contributed by atoms with Gasteiger partial charge in [-0.2, -0.15) is 0 Å². The van der Waals surface area contributed by atoms with Gasteiger partial charge >= 0.3 is 0 Å². The van der Waals surface area contributed by atoms with Crippen LogP contribution in [0.4, 0.5) is 0 Å². The standard InChI is InChI=1S/C14H20N2OS/c1-5-14(4,13(15)18)16-12(17)11-7-9(2)6-10(3)8-11/h6-8H,5H2,1-4H3,(H2,15,18)(H,16,17). The molecule has 1 aromatic rings. The number of hydrogen-bond donors (Lipinski definition) is 2. The van der Waals surface area contributed by atoms with Crippen LogP contribution >= 0.6 is 12.2 Å². The van der Waals surface area contributed by atoms with Gasteiger partial charge in [0, 0.05) is 5.56 Å². The van der Waals surface area contributed by atoms with E-state index in [0.29, 0.717) is 17.0 Å². The van der Waals surface area contributed by atoms with Crippen molar-refractivity contribution in [2.45, 2.75) is 39.7 Å². The fourth-order valence-electron chi connectivity index (χ4n) is 1.75. The van der Waals surface area contributed by atoms with Crippen LogP contribution in [-0.4, -0.2) is 16.4 Å². The van der Waals surface area contributed by atoms with Crippen LogP contribution in [0.15, 0.2) is 18.2 Å². The lowest BCUT2D eigenvalue weighted by molar-refractivity contribution is 0.0926. The van der Waals surface area contributed by atoms with E-state index in [4.69, 9.17) is 18.0 Å². The topological polar surface area (TPSA) is 55.1 Å². The van der Waals surface area contributed by atoms with Gasteiger partial charge in [-0.3, -0.25) is 4.79 Å². The van der Waals surface area contributed by atoms with Crippen molar-refractivity contribution in [3.8, 4) is 0 Å². The number of hydrogen-bond acceptors (Lipinski definition) is 2. The molecule has 0 aliphatic rings. The molecule has 1 aromatic carbocycles. The summed E-state index contributed by atoms with van der Waals surface area (Å²) in [7, 11) is 0. The lowest BCUT2D eigenvalue weighted by atomic mass is 9.97. The van der Waals surface area contributed by atoms with E-state index >= 15 is 0 Å². The van der Waals surface area contributed by atoms with E-state index in [2.05, 4.69) is 5.32 Å². The minimum Gasteiger partial charge on any atom is -0.391 e. The summed E-state index contributed by atoms with van der Waals surface area (Å²) in [4.78, 5) is 12.5. The summed E-state index contributed by atoms with van der Waals surface area (Å²) in [5.74, 6) is -0.140. The minimum atomic E-state index is -0.635. The monoisotopic (exact) mass is 264 g/mol. The number of thiocarbonyl (C=S) groups is 1. The molecule has 18 heavy (non-hydrogen) atoms. The van der Waals surface area contributed by atoms with E-state index in [1.165, 1.54) is 0 Å². The zero-order valence-corrected chi connectivity index (χ0v) is 12.1. The number of nitrogens with one attached hydrogen (secondary N) is 1. The van der Waals surface area contributed by atoms with Crippen molar-refractivity contribution in [3.63, 3.8) is 0 Å². The molecule has 0 radical (unpaired) electrons. The summed E-state index contributed by atoms with van der Waals surface area (Å²) in [5.41, 5.74) is 7.82. The van der Waals surface area contributed by atoms with Crippen molar-refractivity contribution >= 4 is 23.1 Å². The highest BCUT2D eigenvalue weighted by Crippen LogP contribution is 2.13. The number of benzene rings is 1. The molecule has 0 fully saturated rings. The smallest absolute Gasteiger partial charge is 0.252 e. The number of aryl methyl sites for hydroxylation is 2. The molecule has 98 valence electrons. The molecule has 4 heteroatoms. The van der Waals surface area contributed by atoms with Gasteiger partial charge in [-0.1, -0.05) is 36.3 Å². The number of nitrogens with two attached hydrogens (primary N) is 1. The Kier molecular flexibility index (Phi) is 4.46. The molecule has 0 aliphatic heterocycles. The van der Waals surface area contributed by atoms with Crippen molar-refractivity contribution in [1.82, 2.24) is 5.32 Å². The molecule has 0 aromatic heterocycles. The zero-order valence-electron chi connectivity index (χ0n) is 11.3. The highest BCUT2D eigenvalue weighted by atomic mass is 32.1. The SMILES string of the molecule is CCC(C)(NC(=O)c1cc(C)cc(C)c1)C(N)=S. The van der Waals surface area contributed by atoms with E-state index in [9.17, 15) is 4.79 Å². The molecule has 0 saturated carbocycles. The molecule has 1 atom stereocenters. The molecule has 0 aliphatic carbocycles. The Morgan fingerprint density at radius 3 is 2.22 bits per heavy atom. The number of carbonyl (C=O) groups excluding carboxylic acids is 1. The van der Waals surface area contributed by atoms with Gasteiger partial charge in [0.05, 0.1) is 10.5 Å². The summed E-state index contributed by atoms with van der Waals surface area (Å²) >= 11 is 5.01. The summed E-state index contributed by atoms with van der Waals surface area (Å²) in [6, 6.07) is 5.75. The first-order valence-corrected chi connectivity index (χ1v) is 6.40. The van der Waals surface area contributed by atoms with E-state index in [-0.39, 0.29) is 5.91 Å². The van der Waals surface area contributed by atoms with E-state index in [1.54, 1.807) is 0 Å². The largest absolute Gasteiger partial charge is 0.391 e. The van der Waals surface area contributed by atoms with Gasteiger partial charge in [0.1, 0.15) is 0 Å². The highest BCUT2D eigenvalue weighted by Gasteiger charge is 2.27. The maximum absolute atomic E-state index is 12.2. The van der Waals surface area contributed by atoms with E-state index in [1.807, 2.05) is 45.9 Å². The van der Waals surface area contributed by atoms with Crippen LogP contribution in [0.3, 0.4) is 0 Å². The van der Waals surface area contributed by atoms with E-state index < -0.39 is 5.54 Å². The van der Waals surface area contributed by atoms with Crippen molar-refractivity contribution in [2.24, 2.45) is 5.73 Å². The average Bonchev–Trinajstić information content (AvgIpc) is 2.27. The van der Waals surface area contributed by atoms with Gasteiger partial charge in [-0.15, -0.1) is 0 Å². The number of carbonyl (C=O) groups is 1. The predicted molar refractivity (Wildman–Crippen MR) is 78.9 cm³/mol. The Morgan fingerprint density at radius 1 is 1.33 bits per heavy atom. The molecule has 1 unspecified atom stereocenters. The first-order valence-electron chi connectivity index (χ1n) is 5.99. The molecule has 1 amide bonds. The first-order chi connectivity index (χ1) is 8.28. The molecular formula is C14H20N2OS. The summed E-state index contributed by atoms with van der Waals surface area (Å²) in [5, 5.41) is 2.91. The first kappa shape index (κ1) is 14.6. The summed E-state index contributed by atoms with van der Waals surface area (Å²) in [6.07, 6.45) is 0.666. The lowest BCUT2D eigenvalue weighted by Gasteiger charge is -2.28. The van der Waals surface area contributed by atoms with E-state index in [0.717, 1.165) is 11.1 Å². The van der Waals surface area contributed by atoms with Crippen LogP contribution in [0.1, 0.15) is 41.8 Å². The number of rotatable bonds is 4. The Morgan fingerprint density at radius 2 is 1.83 bits per heavy atom. The van der Waals surface area contributed by atoms with Crippen LogP contribution in [-0.2, 0) is 0 Å². The van der Waals surface area contributed by atoms with Gasteiger partial charge in [0.25, 0.3) is 5.91 Å². The maximum Gasteiger partial charge on any atom is 0.252 e. The predicted octanol–water partition coefficient (Wildman–Crippen LogP) is 2.49. The van der Waals surface area contributed by atoms with Gasteiger partial charge in [0.15, 0.2) is 0 Å². The minimum absolute atomic E-state index is 0.140. The lowest BCUT2D eigenvalue weighted by Crippen LogP contribution is -2.54. The Hall–Kier alpha value is -1.42. The third kappa shape index (κ3) is 3.29. The van der Waals surface area contributed by atoms with Crippen LogP contribution in [0.25, 0.3) is 0 Å². The molecule has 0 heterocycles. The normalized spacial score (nSPS) is 13.8. The maximum atomic E-state index is 12.2. The van der Waals surface area contributed by atoms with Gasteiger partial charge < -0.3 is 11.1 Å². The fourth-order valence-corrected chi connectivity index (χ4v) is 1.95. The van der Waals surface area contributed by atoms with Gasteiger partial charge in [-0.25, -0.2) is 0 Å². The summed E-state index contributed by atoms with van der Waals surface area (Å²) in [6.45, 7) is 7.73. The van der Waals surface area contributed by atoms with Crippen LogP contribution in [0.2, 0.25) is 0 Å². The van der Waals surface area contributed by atoms with Crippen LogP contribution < -0.4 is 11.1 Å².